The Balaban J connectivity index is 0.000000251. The van der Waals surface area contributed by atoms with Crippen molar-refractivity contribution in [2.24, 2.45) is 0 Å². The van der Waals surface area contributed by atoms with Crippen LogP contribution in [0, 0.1) is 13.8 Å². The first-order valence-electron chi connectivity index (χ1n) is 20.1. The number of benzene rings is 2. The molecule has 1 N–H and O–H groups in total. The topological polar surface area (TPSA) is 125 Å². The van der Waals surface area contributed by atoms with E-state index in [1.165, 1.54) is 19.4 Å². The van der Waals surface area contributed by atoms with Crippen LogP contribution in [0.2, 0.25) is 20.1 Å². The molecular formula is C40H47Cl5F6N2O10P2S2. The van der Waals surface area contributed by atoms with E-state index in [1.54, 1.807) is 37.1 Å². The third-order valence-corrected chi connectivity index (χ3v) is 14.0. The number of hydroxylamine groups is 4. The van der Waals surface area contributed by atoms with Gasteiger partial charge in [-0.05, 0) is 74.9 Å². The zero-order chi connectivity index (χ0) is 50.5. The molecule has 0 bridgehead atoms. The number of hydrogen-bond donors (Lipinski definition) is 1. The van der Waals surface area contributed by atoms with Gasteiger partial charge in [0.1, 0.15) is 23.4 Å². The maximum atomic E-state index is 13.1. The van der Waals surface area contributed by atoms with E-state index in [2.05, 4.69) is 16.3 Å². The predicted octanol–water partition coefficient (Wildman–Crippen LogP) is 12.5. The molecule has 2 saturated heterocycles. The normalized spacial score (nSPS) is 20.4. The van der Waals surface area contributed by atoms with Crippen molar-refractivity contribution < 1.29 is 73.8 Å². The number of ether oxygens (including phenoxy) is 2. The SMILES string of the molecule is CCON1CCC2(CC1)OC(=O)C(c1c(C)cc(Cl)cc1Cl)=C2O.CCON1CCC2(CC1)OC(=O)C(c1c(C)cc(Cl)cc1Cl)=C2OP(C)(=S)OCC(F)(F)F.CP(=S)(Cl)OCC(F)(F)F. The fraction of sp³-hybridized carbons (Fsp3) is 0.550. The molecule has 376 valence electrons. The Morgan fingerprint density at radius 3 is 1.48 bits per heavy atom. The first-order valence-corrected chi connectivity index (χ1v) is 28.8. The molecule has 0 aromatic heterocycles. The molecule has 0 radical (unpaired) electrons. The summed E-state index contributed by atoms with van der Waals surface area (Å²) >= 11 is 39.7. The summed E-state index contributed by atoms with van der Waals surface area (Å²) < 4.78 is 98.9. The van der Waals surface area contributed by atoms with Gasteiger partial charge in [0.25, 0.3) is 0 Å². The highest BCUT2D eigenvalue weighted by atomic mass is 35.7. The highest BCUT2D eigenvalue weighted by Crippen LogP contribution is 2.56. The molecule has 2 unspecified atom stereocenters. The monoisotopic (exact) mass is 1130 g/mol. The highest BCUT2D eigenvalue weighted by molar-refractivity contribution is 8.24. The number of hydrogen-bond acceptors (Lipinski definition) is 14. The van der Waals surface area contributed by atoms with Gasteiger partial charge in [-0.25, -0.2) is 9.59 Å². The molecule has 2 fully saturated rings. The molecule has 4 heterocycles. The fourth-order valence-electron chi connectivity index (χ4n) is 7.36. The zero-order valence-corrected chi connectivity index (χ0v) is 43.9. The van der Waals surface area contributed by atoms with Crippen molar-refractivity contribution >= 4 is 116 Å². The minimum Gasteiger partial charge on any atom is -0.507 e. The molecule has 2 spiro atoms. The van der Waals surface area contributed by atoms with Crippen molar-refractivity contribution in [3.8, 4) is 0 Å². The largest absolute Gasteiger partial charge is 0.507 e. The molecule has 2 atom stereocenters. The van der Waals surface area contributed by atoms with Crippen LogP contribution in [0.5, 0.6) is 0 Å². The molecular weight excluding hydrogens is 1090 g/mol. The summed E-state index contributed by atoms with van der Waals surface area (Å²) in [5.74, 6) is -1.25. The Morgan fingerprint density at radius 1 is 0.701 bits per heavy atom. The van der Waals surface area contributed by atoms with Crippen LogP contribution in [-0.4, -0.2) is 117 Å². The number of nitrogens with zero attached hydrogens (tertiary/aromatic N) is 2. The van der Waals surface area contributed by atoms with Crippen LogP contribution >= 0.6 is 69.8 Å². The van der Waals surface area contributed by atoms with E-state index in [0.717, 1.165) is 5.56 Å². The maximum Gasteiger partial charge on any atom is 0.412 e. The number of carbonyl (C=O) groups is 2. The van der Waals surface area contributed by atoms with E-state index in [9.17, 15) is 41.0 Å². The molecule has 67 heavy (non-hydrogen) atoms. The van der Waals surface area contributed by atoms with Gasteiger partial charge in [0, 0.05) is 86.4 Å². The van der Waals surface area contributed by atoms with Crippen molar-refractivity contribution in [2.75, 3.05) is 65.9 Å². The number of esters is 2. The summed E-state index contributed by atoms with van der Waals surface area (Å²) in [7, 11) is 0. The molecule has 12 nitrogen and oxygen atoms in total. The van der Waals surface area contributed by atoms with Crippen molar-refractivity contribution in [1.82, 2.24) is 10.1 Å². The number of piperidine rings is 2. The van der Waals surface area contributed by atoms with Gasteiger partial charge in [-0.15, -0.1) is 0 Å². The lowest BCUT2D eigenvalue weighted by Crippen LogP contribution is -2.46. The zero-order valence-electron chi connectivity index (χ0n) is 36.7. The number of aryl methyl sites for hydroxylation is 2. The Morgan fingerprint density at radius 2 is 1.09 bits per heavy atom. The summed E-state index contributed by atoms with van der Waals surface area (Å²) in [6.45, 7) is 6.44. The molecule has 2 aromatic carbocycles. The van der Waals surface area contributed by atoms with Gasteiger partial charge in [0.05, 0.1) is 23.3 Å². The Bertz CT molecular complexity index is 2280. The molecule has 0 amide bonds. The number of alkyl halides is 6. The number of halogens is 11. The van der Waals surface area contributed by atoms with Gasteiger partial charge in [0.2, 0.25) is 6.49 Å². The van der Waals surface area contributed by atoms with Crippen molar-refractivity contribution in [3.63, 3.8) is 0 Å². The summed E-state index contributed by atoms with van der Waals surface area (Å²) in [5, 5.41) is 15.7. The van der Waals surface area contributed by atoms with Crippen LogP contribution in [0.15, 0.2) is 35.8 Å². The molecule has 6 rings (SSSR count). The fourth-order valence-corrected chi connectivity index (χ4v) is 10.8. The Hall–Kier alpha value is -1.45. The standard InChI is InChI=1S/C20H23Cl2F3NO5PS.C17H19Cl2NO4.C3H5ClF3OPS/c1-4-28-26-7-5-19(6-8-26)17(31-32(3,33)29-11-20(23,24)25)16(18(27)30-19)15-12(2)9-13(21)10-14(15)22;1-3-23-20-6-4-17(5-7-20)15(21)14(16(22)24-17)13-10(2)8-11(18)9-12(13)19;1-9(4,10)8-2-3(5,6)7/h9-10H,4-8,11H2,1-3H3;8-9,21H,3-7H2,1-2H3;2H2,1H3. The Labute approximate surface area is 418 Å². The Kier molecular flexibility index (Phi) is 20.3. The second-order valence-corrected chi connectivity index (χ2v) is 27.5. The summed E-state index contributed by atoms with van der Waals surface area (Å²) in [6.07, 6.45) is -7.41. The summed E-state index contributed by atoms with van der Waals surface area (Å²) in [5.41, 5.74) is -2.63. The van der Waals surface area contributed by atoms with Crippen LogP contribution in [0.1, 0.15) is 61.8 Å². The van der Waals surface area contributed by atoms with Crippen LogP contribution in [0.25, 0.3) is 11.1 Å². The maximum absolute atomic E-state index is 13.1. The molecule has 0 saturated carbocycles. The highest BCUT2D eigenvalue weighted by Gasteiger charge is 2.54. The van der Waals surface area contributed by atoms with E-state index >= 15 is 0 Å². The van der Waals surface area contributed by atoms with Crippen molar-refractivity contribution in [1.29, 1.82) is 0 Å². The lowest BCUT2D eigenvalue weighted by atomic mass is 9.87. The minimum absolute atomic E-state index is 0.0192. The van der Waals surface area contributed by atoms with Crippen molar-refractivity contribution in [2.45, 2.75) is 76.9 Å². The second-order valence-electron chi connectivity index (χ2n) is 15.4. The third-order valence-electron chi connectivity index (χ3n) is 10.2. The second kappa shape index (κ2) is 23.4. The van der Waals surface area contributed by atoms with Gasteiger partial charge in [-0.1, -0.05) is 69.5 Å². The predicted molar refractivity (Wildman–Crippen MR) is 253 cm³/mol. The van der Waals surface area contributed by atoms with Gasteiger partial charge < -0.3 is 28.2 Å². The van der Waals surface area contributed by atoms with Crippen LogP contribution in [-0.2, 0) is 65.9 Å². The number of carbonyl (C=O) groups excluding carboxylic acids is 2. The lowest BCUT2D eigenvalue weighted by molar-refractivity contribution is -0.195. The van der Waals surface area contributed by atoms with Gasteiger partial charge in [0.15, 0.2) is 29.3 Å². The molecule has 27 heteroatoms. The van der Waals surface area contributed by atoms with Gasteiger partial charge >= 0.3 is 24.3 Å². The summed E-state index contributed by atoms with van der Waals surface area (Å²) in [4.78, 5) is 36.6. The average molecular weight is 1130 g/mol. The molecule has 0 aliphatic carbocycles. The lowest BCUT2D eigenvalue weighted by Gasteiger charge is -2.39. The van der Waals surface area contributed by atoms with E-state index in [0.29, 0.717) is 84.0 Å². The first-order chi connectivity index (χ1) is 30.9. The summed E-state index contributed by atoms with van der Waals surface area (Å²) in [6, 6.07) is 6.35. The van der Waals surface area contributed by atoms with Gasteiger partial charge in [-0.3, -0.25) is 9.68 Å². The molecule has 4 aliphatic heterocycles. The van der Waals surface area contributed by atoms with Crippen LogP contribution < -0.4 is 0 Å². The van der Waals surface area contributed by atoms with Gasteiger partial charge in [-0.2, -0.15) is 36.5 Å². The average Bonchev–Trinajstić information content (AvgIpc) is 3.57. The quantitative estimate of drug-likeness (QED) is 0.123. The molecule has 2 aromatic rings. The number of aliphatic hydroxyl groups is 1. The first kappa shape index (κ1) is 58.1. The number of rotatable bonds is 12. The minimum atomic E-state index is -4.58. The molecule has 4 aliphatic rings. The van der Waals surface area contributed by atoms with E-state index in [4.69, 9.17) is 97.6 Å². The smallest absolute Gasteiger partial charge is 0.412 e. The van der Waals surface area contributed by atoms with E-state index in [-0.39, 0.29) is 40.5 Å². The number of aliphatic hydroxyl groups excluding tert-OH is 1. The van der Waals surface area contributed by atoms with Crippen LogP contribution in [0.3, 0.4) is 0 Å². The van der Waals surface area contributed by atoms with Crippen molar-refractivity contribution in [3.05, 3.63) is 78.1 Å². The third kappa shape index (κ3) is 16.0. The van der Waals surface area contributed by atoms with E-state index in [1.807, 2.05) is 18.9 Å². The van der Waals surface area contributed by atoms with Crippen LogP contribution in [0.4, 0.5) is 26.3 Å². The van der Waals surface area contributed by atoms with E-state index < -0.39 is 60.8 Å².